The summed E-state index contributed by atoms with van der Waals surface area (Å²) < 4.78 is 10.9. The summed E-state index contributed by atoms with van der Waals surface area (Å²) in [4.78, 5) is 17.2. The predicted octanol–water partition coefficient (Wildman–Crippen LogP) is 4.49. The van der Waals surface area contributed by atoms with Gasteiger partial charge in [0.05, 0.1) is 43.4 Å². The van der Waals surface area contributed by atoms with Crippen LogP contribution in [0.15, 0.2) is 53.1 Å². The number of amides is 1. The summed E-state index contributed by atoms with van der Waals surface area (Å²) >= 11 is 1.54. The Bertz CT molecular complexity index is 1080. The number of para-hydroxylation sites is 1. The monoisotopic (exact) mass is 435 g/mol. The summed E-state index contributed by atoms with van der Waals surface area (Å²) in [5, 5.41) is 10.8. The lowest BCUT2D eigenvalue weighted by Gasteiger charge is -2.42. The molecule has 2 heterocycles. The van der Waals surface area contributed by atoms with Crippen molar-refractivity contribution in [2.75, 3.05) is 31.7 Å². The Hall–Kier alpha value is -3.11. The fourth-order valence-electron chi connectivity index (χ4n) is 4.21. The summed E-state index contributed by atoms with van der Waals surface area (Å²) in [5.74, 6) is 1.67. The van der Waals surface area contributed by atoms with E-state index in [9.17, 15) is 10.1 Å². The molecule has 0 unspecified atom stereocenters. The lowest BCUT2D eigenvalue weighted by atomic mass is 9.86. The van der Waals surface area contributed by atoms with Crippen molar-refractivity contribution < 1.29 is 14.3 Å². The number of carbonyl (C=O) groups excluding carboxylic acids is 1. The van der Waals surface area contributed by atoms with Gasteiger partial charge in [-0.2, -0.15) is 5.26 Å². The van der Waals surface area contributed by atoms with Gasteiger partial charge in [-0.15, -0.1) is 0 Å². The van der Waals surface area contributed by atoms with Gasteiger partial charge in [-0.25, -0.2) is 0 Å². The molecule has 160 valence electrons. The van der Waals surface area contributed by atoms with Crippen molar-refractivity contribution in [3.05, 3.63) is 64.2 Å². The first kappa shape index (κ1) is 21.1. The molecular weight excluding hydrogens is 410 g/mol. The molecule has 2 aromatic carbocycles. The number of allylic oxidation sites excluding steroid dienone is 1. The second kappa shape index (κ2) is 8.94. The minimum absolute atomic E-state index is 0.00931. The predicted molar refractivity (Wildman–Crippen MR) is 122 cm³/mol. The number of rotatable bonds is 5. The fourth-order valence-corrected chi connectivity index (χ4v) is 5.37. The maximum absolute atomic E-state index is 13.2. The molecule has 0 aliphatic carbocycles. The summed E-state index contributed by atoms with van der Waals surface area (Å²) in [5.41, 5.74) is 3.80. The van der Waals surface area contributed by atoms with Gasteiger partial charge < -0.3 is 14.4 Å². The summed E-state index contributed by atoms with van der Waals surface area (Å²) in [6, 6.07) is 16.2. The standard InChI is InChI=1S/C24H25N3O3S/c1-4-16-7-5-6-8-21(16)26-14-27-23(28)12-18(20(13-25)24(27)31-15-26)19-11-17(29-2)9-10-22(19)30-3/h5-11,18H,4,12,14-15H2,1-3H3/t18-/m1/s1. The first-order chi connectivity index (χ1) is 15.1. The van der Waals surface area contributed by atoms with Crippen LogP contribution in [-0.4, -0.2) is 37.6 Å². The van der Waals surface area contributed by atoms with Gasteiger partial charge in [-0.3, -0.25) is 9.69 Å². The molecule has 0 radical (unpaired) electrons. The van der Waals surface area contributed by atoms with Crippen LogP contribution in [0, 0.1) is 11.3 Å². The highest BCUT2D eigenvalue weighted by molar-refractivity contribution is 8.03. The van der Waals surface area contributed by atoms with E-state index in [1.807, 2.05) is 30.3 Å². The number of aryl methyl sites for hydroxylation is 1. The minimum Gasteiger partial charge on any atom is -0.497 e. The molecule has 2 aromatic rings. The SMILES string of the molecule is CCc1ccccc1N1CSC2=C(C#N)[C@@H](c3cc(OC)ccc3OC)CC(=O)N2C1. The van der Waals surface area contributed by atoms with E-state index in [0.717, 1.165) is 22.7 Å². The van der Waals surface area contributed by atoms with E-state index in [-0.39, 0.29) is 18.2 Å². The summed E-state index contributed by atoms with van der Waals surface area (Å²) in [6.07, 6.45) is 1.15. The van der Waals surface area contributed by atoms with Crippen LogP contribution in [-0.2, 0) is 11.2 Å². The number of carbonyl (C=O) groups is 1. The van der Waals surface area contributed by atoms with Crippen LogP contribution in [0.1, 0.15) is 30.4 Å². The molecule has 6 nitrogen and oxygen atoms in total. The van der Waals surface area contributed by atoms with Gasteiger partial charge >= 0.3 is 0 Å². The van der Waals surface area contributed by atoms with E-state index in [0.29, 0.717) is 29.6 Å². The van der Waals surface area contributed by atoms with E-state index >= 15 is 0 Å². The number of hydrogen-bond acceptors (Lipinski definition) is 6. The number of fused-ring (bicyclic) bond motifs is 1. The van der Waals surface area contributed by atoms with Crippen LogP contribution < -0.4 is 14.4 Å². The number of methoxy groups -OCH3 is 2. The Labute approximate surface area is 187 Å². The topological polar surface area (TPSA) is 65.8 Å². The Morgan fingerprint density at radius 1 is 1.19 bits per heavy atom. The Kier molecular flexibility index (Phi) is 6.10. The number of nitrogens with zero attached hydrogens (tertiary/aromatic N) is 3. The highest BCUT2D eigenvalue weighted by atomic mass is 32.2. The van der Waals surface area contributed by atoms with Crippen molar-refractivity contribution in [3.63, 3.8) is 0 Å². The molecule has 2 aliphatic heterocycles. The zero-order chi connectivity index (χ0) is 22.0. The van der Waals surface area contributed by atoms with Gasteiger partial charge in [0.25, 0.3) is 0 Å². The lowest BCUT2D eigenvalue weighted by Crippen LogP contribution is -2.47. The van der Waals surface area contributed by atoms with Crippen molar-refractivity contribution >= 4 is 23.4 Å². The zero-order valence-electron chi connectivity index (χ0n) is 17.9. The average Bonchev–Trinajstić information content (AvgIpc) is 2.83. The average molecular weight is 436 g/mol. The highest BCUT2D eigenvalue weighted by Gasteiger charge is 2.39. The normalized spacial score (nSPS) is 18.5. The first-order valence-corrected chi connectivity index (χ1v) is 11.2. The van der Waals surface area contributed by atoms with Crippen molar-refractivity contribution in [3.8, 4) is 17.6 Å². The number of benzene rings is 2. The number of anilines is 1. The largest absolute Gasteiger partial charge is 0.497 e. The molecule has 7 heteroatoms. The zero-order valence-corrected chi connectivity index (χ0v) is 18.7. The molecule has 1 saturated heterocycles. The van der Waals surface area contributed by atoms with E-state index in [1.165, 1.54) is 5.56 Å². The third-order valence-corrected chi connectivity index (χ3v) is 6.97. The van der Waals surface area contributed by atoms with Crippen molar-refractivity contribution in [2.24, 2.45) is 0 Å². The lowest BCUT2D eigenvalue weighted by molar-refractivity contribution is -0.129. The van der Waals surface area contributed by atoms with Gasteiger partial charge in [0, 0.05) is 23.6 Å². The smallest absolute Gasteiger partial charge is 0.229 e. The van der Waals surface area contributed by atoms with E-state index < -0.39 is 0 Å². The molecule has 31 heavy (non-hydrogen) atoms. The van der Waals surface area contributed by atoms with Crippen LogP contribution in [0.2, 0.25) is 0 Å². The minimum atomic E-state index is -0.351. The van der Waals surface area contributed by atoms with Crippen molar-refractivity contribution in [2.45, 2.75) is 25.7 Å². The molecule has 0 spiro atoms. The third kappa shape index (κ3) is 3.84. The second-order valence-corrected chi connectivity index (χ2v) is 8.39. The molecule has 2 aliphatic rings. The number of thioether (sulfide) groups is 1. The quantitative estimate of drug-likeness (QED) is 0.690. The van der Waals surface area contributed by atoms with Crippen LogP contribution in [0.4, 0.5) is 5.69 Å². The molecular formula is C24H25N3O3S. The van der Waals surface area contributed by atoms with E-state index in [1.54, 1.807) is 30.9 Å². The van der Waals surface area contributed by atoms with Gasteiger partial charge in [0.1, 0.15) is 11.5 Å². The molecule has 1 amide bonds. The second-order valence-electron chi connectivity index (χ2n) is 7.45. The molecule has 0 aromatic heterocycles. The van der Waals surface area contributed by atoms with Gasteiger partial charge in [-0.05, 0) is 36.2 Å². The number of hydrogen-bond donors (Lipinski definition) is 0. The summed E-state index contributed by atoms with van der Waals surface area (Å²) in [7, 11) is 3.20. The Balaban J connectivity index is 1.71. The van der Waals surface area contributed by atoms with Gasteiger partial charge in [0.2, 0.25) is 5.91 Å². The molecule has 0 saturated carbocycles. The molecule has 4 rings (SSSR count). The fraction of sp³-hybridized carbons (Fsp3) is 0.333. The van der Waals surface area contributed by atoms with Gasteiger partial charge in [0.15, 0.2) is 0 Å². The molecule has 1 fully saturated rings. The third-order valence-electron chi connectivity index (χ3n) is 5.82. The van der Waals surface area contributed by atoms with Crippen LogP contribution >= 0.6 is 11.8 Å². The molecule has 1 atom stereocenters. The molecule has 0 N–H and O–H groups in total. The first-order valence-electron chi connectivity index (χ1n) is 10.2. The van der Waals surface area contributed by atoms with E-state index in [4.69, 9.17) is 9.47 Å². The van der Waals surface area contributed by atoms with Gasteiger partial charge in [-0.1, -0.05) is 36.9 Å². The Morgan fingerprint density at radius 3 is 2.71 bits per heavy atom. The number of nitriles is 1. The highest BCUT2D eigenvalue weighted by Crippen LogP contribution is 2.46. The van der Waals surface area contributed by atoms with Crippen molar-refractivity contribution in [1.82, 2.24) is 4.90 Å². The van der Waals surface area contributed by atoms with Crippen molar-refractivity contribution in [1.29, 1.82) is 5.26 Å². The van der Waals surface area contributed by atoms with Crippen LogP contribution in [0.3, 0.4) is 0 Å². The van der Waals surface area contributed by atoms with Crippen LogP contribution in [0.5, 0.6) is 11.5 Å². The molecule has 0 bridgehead atoms. The number of ether oxygens (including phenoxy) is 2. The maximum Gasteiger partial charge on any atom is 0.229 e. The van der Waals surface area contributed by atoms with E-state index in [2.05, 4.69) is 30.0 Å². The van der Waals surface area contributed by atoms with Crippen LogP contribution in [0.25, 0.3) is 0 Å². The summed E-state index contributed by atoms with van der Waals surface area (Å²) in [6.45, 7) is 2.58. The maximum atomic E-state index is 13.2. The Morgan fingerprint density at radius 2 is 2.00 bits per heavy atom.